The van der Waals surface area contributed by atoms with E-state index in [0.29, 0.717) is 11.0 Å². The molecule has 0 aliphatic rings. The third kappa shape index (κ3) is 4.05. The standard InChI is InChI=1S/C15H17ClN2OS/c1-10(2)7-11-3-5-12(6-4-11)13-9-20-15(17-13)18-14(19)8-16/h3-6,9-10H,7-8H2,1-2H3,(H,17,18,19). The molecule has 1 amide bonds. The predicted molar refractivity (Wildman–Crippen MR) is 85.4 cm³/mol. The van der Waals surface area contributed by atoms with Crippen molar-refractivity contribution in [2.24, 2.45) is 5.92 Å². The van der Waals surface area contributed by atoms with Gasteiger partial charge in [-0.2, -0.15) is 0 Å². The lowest BCUT2D eigenvalue weighted by Crippen LogP contribution is -2.12. The highest BCUT2D eigenvalue weighted by molar-refractivity contribution is 7.14. The first-order valence-corrected chi connectivity index (χ1v) is 7.90. The van der Waals surface area contributed by atoms with Crippen LogP contribution in [0.15, 0.2) is 29.6 Å². The fourth-order valence-corrected chi connectivity index (χ4v) is 2.70. The molecule has 0 saturated heterocycles. The van der Waals surface area contributed by atoms with Crippen LogP contribution in [0.5, 0.6) is 0 Å². The lowest BCUT2D eigenvalue weighted by atomic mass is 10.0. The van der Waals surface area contributed by atoms with E-state index in [4.69, 9.17) is 11.6 Å². The van der Waals surface area contributed by atoms with E-state index in [1.165, 1.54) is 16.9 Å². The minimum absolute atomic E-state index is 0.0567. The Balaban J connectivity index is 2.10. The van der Waals surface area contributed by atoms with Crippen molar-refractivity contribution in [1.29, 1.82) is 0 Å². The molecule has 2 rings (SSSR count). The summed E-state index contributed by atoms with van der Waals surface area (Å²) in [7, 11) is 0. The number of halogens is 1. The van der Waals surface area contributed by atoms with Crippen LogP contribution in [-0.2, 0) is 11.2 Å². The summed E-state index contributed by atoms with van der Waals surface area (Å²) >= 11 is 6.85. The largest absolute Gasteiger partial charge is 0.301 e. The number of anilines is 1. The van der Waals surface area contributed by atoms with E-state index in [9.17, 15) is 4.79 Å². The fourth-order valence-electron chi connectivity index (χ4n) is 1.90. The second kappa shape index (κ2) is 6.86. The highest BCUT2D eigenvalue weighted by atomic mass is 35.5. The van der Waals surface area contributed by atoms with Crippen LogP contribution in [-0.4, -0.2) is 16.8 Å². The van der Waals surface area contributed by atoms with E-state index in [-0.39, 0.29) is 11.8 Å². The third-order valence-corrected chi connectivity index (χ3v) is 3.77. The van der Waals surface area contributed by atoms with Gasteiger partial charge < -0.3 is 5.32 Å². The molecule has 0 unspecified atom stereocenters. The lowest BCUT2D eigenvalue weighted by molar-refractivity contribution is -0.113. The first kappa shape index (κ1) is 15.0. The Morgan fingerprint density at radius 1 is 1.35 bits per heavy atom. The maximum Gasteiger partial charge on any atom is 0.241 e. The number of hydrogen-bond donors (Lipinski definition) is 1. The van der Waals surface area contributed by atoms with Crippen molar-refractivity contribution in [3.8, 4) is 11.3 Å². The molecule has 1 aromatic heterocycles. The van der Waals surface area contributed by atoms with Gasteiger partial charge in [-0.3, -0.25) is 4.79 Å². The van der Waals surface area contributed by atoms with Gasteiger partial charge in [0, 0.05) is 10.9 Å². The van der Waals surface area contributed by atoms with Crippen molar-refractivity contribution in [3.63, 3.8) is 0 Å². The van der Waals surface area contributed by atoms with Crippen LogP contribution in [0.2, 0.25) is 0 Å². The van der Waals surface area contributed by atoms with Gasteiger partial charge in [0.1, 0.15) is 5.88 Å². The van der Waals surface area contributed by atoms with E-state index in [0.717, 1.165) is 17.7 Å². The summed E-state index contributed by atoms with van der Waals surface area (Å²) in [5.41, 5.74) is 3.26. The van der Waals surface area contributed by atoms with Gasteiger partial charge in [-0.25, -0.2) is 4.98 Å². The number of carbonyl (C=O) groups is 1. The molecule has 106 valence electrons. The quantitative estimate of drug-likeness (QED) is 0.842. The summed E-state index contributed by atoms with van der Waals surface area (Å²) < 4.78 is 0. The highest BCUT2D eigenvalue weighted by Gasteiger charge is 2.07. The van der Waals surface area contributed by atoms with Gasteiger partial charge in [0.25, 0.3) is 0 Å². The molecular formula is C15H17ClN2OS. The number of nitrogens with zero attached hydrogens (tertiary/aromatic N) is 1. The number of amides is 1. The first-order chi connectivity index (χ1) is 9.58. The summed E-state index contributed by atoms with van der Waals surface area (Å²) in [5.74, 6) is 0.357. The van der Waals surface area contributed by atoms with E-state index in [2.05, 4.69) is 48.4 Å². The number of carbonyl (C=O) groups excluding carboxylic acids is 1. The monoisotopic (exact) mass is 308 g/mol. The summed E-state index contributed by atoms with van der Waals surface area (Å²) in [6.45, 7) is 4.42. The van der Waals surface area contributed by atoms with Gasteiger partial charge in [-0.1, -0.05) is 38.1 Å². The van der Waals surface area contributed by atoms with E-state index >= 15 is 0 Å². The molecule has 1 heterocycles. The SMILES string of the molecule is CC(C)Cc1ccc(-c2csc(NC(=O)CCl)n2)cc1. The fraction of sp³-hybridized carbons (Fsp3) is 0.333. The van der Waals surface area contributed by atoms with Crippen LogP contribution in [0, 0.1) is 5.92 Å². The molecule has 0 aliphatic carbocycles. The number of hydrogen-bond acceptors (Lipinski definition) is 3. The first-order valence-electron chi connectivity index (χ1n) is 6.49. The Morgan fingerprint density at radius 3 is 2.65 bits per heavy atom. The van der Waals surface area contributed by atoms with E-state index in [1.54, 1.807) is 0 Å². The van der Waals surface area contributed by atoms with Gasteiger partial charge in [-0.15, -0.1) is 22.9 Å². The lowest BCUT2D eigenvalue weighted by Gasteiger charge is -2.05. The summed E-state index contributed by atoms with van der Waals surface area (Å²) in [5, 5.41) is 5.17. The number of alkyl halides is 1. The molecule has 2 aromatic rings. The number of nitrogens with one attached hydrogen (secondary N) is 1. The number of benzene rings is 1. The van der Waals surface area contributed by atoms with Crippen LogP contribution in [0.25, 0.3) is 11.3 Å². The van der Waals surface area contributed by atoms with Gasteiger partial charge in [-0.05, 0) is 17.9 Å². The van der Waals surface area contributed by atoms with Crippen molar-refractivity contribution in [1.82, 2.24) is 4.98 Å². The van der Waals surface area contributed by atoms with Gasteiger partial charge in [0.2, 0.25) is 5.91 Å². The number of rotatable bonds is 5. The van der Waals surface area contributed by atoms with E-state index < -0.39 is 0 Å². The minimum atomic E-state index is -0.236. The molecule has 0 spiro atoms. The molecule has 0 bridgehead atoms. The third-order valence-electron chi connectivity index (χ3n) is 2.77. The summed E-state index contributed by atoms with van der Waals surface area (Å²) in [6, 6.07) is 8.40. The zero-order valence-electron chi connectivity index (χ0n) is 11.5. The Morgan fingerprint density at radius 2 is 2.05 bits per heavy atom. The van der Waals surface area contributed by atoms with Crippen LogP contribution >= 0.6 is 22.9 Å². The normalized spacial score (nSPS) is 10.8. The Kier molecular flexibility index (Phi) is 5.15. The van der Waals surface area contributed by atoms with Crippen molar-refractivity contribution in [2.45, 2.75) is 20.3 Å². The summed E-state index contributed by atoms with van der Waals surface area (Å²) in [4.78, 5) is 15.6. The average molecular weight is 309 g/mol. The van der Waals surface area contributed by atoms with Crippen LogP contribution in [0.4, 0.5) is 5.13 Å². The Labute approximate surface area is 128 Å². The molecule has 0 saturated carbocycles. The molecule has 1 aromatic carbocycles. The predicted octanol–water partition coefficient (Wildman–Crippen LogP) is 4.19. The van der Waals surface area contributed by atoms with Gasteiger partial charge in [0.15, 0.2) is 5.13 Å². The van der Waals surface area contributed by atoms with Crippen LogP contribution in [0.1, 0.15) is 19.4 Å². The maximum absolute atomic E-state index is 11.2. The Bertz CT molecular complexity index is 578. The average Bonchev–Trinajstić information content (AvgIpc) is 2.87. The molecule has 0 atom stereocenters. The molecule has 0 fully saturated rings. The van der Waals surface area contributed by atoms with Gasteiger partial charge >= 0.3 is 0 Å². The van der Waals surface area contributed by atoms with Crippen LogP contribution in [0.3, 0.4) is 0 Å². The molecule has 0 aliphatic heterocycles. The number of thiazole rings is 1. The smallest absolute Gasteiger partial charge is 0.241 e. The van der Waals surface area contributed by atoms with Crippen molar-refractivity contribution in [2.75, 3.05) is 11.2 Å². The van der Waals surface area contributed by atoms with Crippen molar-refractivity contribution < 1.29 is 4.79 Å². The highest BCUT2D eigenvalue weighted by Crippen LogP contribution is 2.25. The van der Waals surface area contributed by atoms with E-state index in [1.807, 2.05) is 5.38 Å². The molecule has 0 radical (unpaired) electrons. The molecular weight excluding hydrogens is 292 g/mol. The van der Waals surface area contributed by atoms with Gasteiger partial charge in [0.05, 0.1) is 5.69 Å². The molecule has 20 heavy (non-hydrogen) atoms. The summed E-state index contributed by atoms with van der Waals surface area (Å²) in [6.07, 6.45) is 1.08. The minimum Gasteiger partial charge on any atom is -0.301 e. The second-order valence-electron chi connectivity index (χ2n) is 5.01. The second-order valence-corrected chi connectivity index (χ2v) is 6.14. The molecule has 5 heteroatoms. The maximum atomic E-state index is 11.2. The van der Waals surface area contributed by atoms with Crippen LogP contribution < -0.4 is 5.32 Å². The topological polar surface area (TPSA) is 42.0 Å². The number of aromatic nitrogens is 1. The molecule has 1 N–H and O–H groups in total. The Hall–Kier alpha value is -1.39. The zero-order chi connectivity index (χ0) is 14.5. The molecule has 3 nitrogen and oxygen atoms in total. The van der Waals surface area contributed by atoms with Crippen molar-refractivity contribution in [3.05, 3.63) is 35.2 Å². The zero-order valence-corrected chi connectivity index (χ0v) is 13.1. The van der Waals surface area contributed by atoms with Crippen molar-refractivity contribution >= 4 is 34.0 Å².